The molecule has 0 fully saturated rings. The lowest BCUT2D eigenvalue weighted by Crippen LogP contribution is -2.14. The molecule has 0 aliphatic rings. The number of rotatable bonds is 4. The summed E-state index contributed by atoms with van der Waals surface area (Å²) in [6.45, 7) is 3.87. The van der Waals surface area contributed by atoms with Crippen molar-refractivity contribution in [2.75, 3.05) is 5.32 Å². The molecule has 2 heterocycles. The zero-order chi connectivity index (χ0) is 15.5. The molecule has 0 aliphatic heterocycles. The van der Waals surface area contributed by atoms with Gasteiger partial charge in [-0.15, -0.1) is 0 Å². The van der Waals surface area contributed by atoms with Gasteiger partial charge in [-0.05, 0) is 43.7 Å². The number of imidazole rings is 1. The lowest BCUT2D eigenvalue weighted by atomic mass is 10.1. The maximum Gasteiger partial charge on any atom is 0.251 e. The molecule has 0 amide bonds. The molecule has 0 saturated heterocycles. The number of aromatic nitrogens is 3. The van der Waals surface area contributed by atoms with E-state index in [1.165, 1.54) is 0 Å². The summed E-state index contributed by atoms with van der Waals surface area (Å²) in [7, 11) is 0. The highest BCUT2D eigenvalue weighted by atomic mass is 16.1. The van der Waals surface area contributed by atoms with Gasteiger partial charge < -0.3 is 14.9 Å². The maximum absolute atomic E-state index is 11.8. The number of nitrogens with one attached hydrogen (secondary N) is 2. The number of benzene rings is 1. The summed E-state index contributed by atoms with van der Waals surface area (Å²) >= 11 is 0. The third kappa shape index (κ3) is 2.79. The van der Waals surface area contributed by atoms with Crippen molar-refractivity contribution in [2.24, 2.45) is 0 Å². The van der Waals surface area contributed by atoms with Crippen molar-refractivity contribution in [3.05, 3.63) is 70.7 Å². The number of aromatic amines is 1. The summed E-state index contributed by atoms with van der Waals surface area (Å²) in [4.78, 5) is 18.7. The van der Waals surface area contributed by atoms with Crippen molar-refractivity contribution in [2.45, 2.75) is 20.3 Å². The lowest BCUT2D eigenvalue weighted by molar-refractivity contribution is 1.03. The van der Waals surface area contributed by atoms with Crippen LogP contribution in [0.2, 0.25) is 0 Å². The highest BCUT2D eigenvalue weighted by molar-refractivity contribution is 5.63. The second-order valence-electron chi connectivity index (χ2n) is 5.16. The van der Waals surface area contributed by atoms with Crippen LogP contribution in [0.5, 0.6) is 0 Å². The molecule has 0 atom stereocenters. The minimum atomic E-state index is -0.0130. The molecule has 0 spiro atoms. The molecular weight excluding hydrogens is 276 g/mol. The maximum atomic E-state index is 11.8. The van der Waals surface area contributed by atoms with E-state index in [2.05, 4.69) is 15.3 Å². The first-order chi connectivity index (χ1) is 10.7. The number of anilines is 2. The van der Waals surface area contributed by atoms with Crippen LogP contribution in [0.4, 0.5) is 11.4 Å². The minimum Gasteiger partial charge on any atom is -0.354 e. The first-order valence-corrected chi connectivity index (χ1v) is 7.25. The van der Waals surface area contributed by atoms with Crippen LogP contribution in [-0.4, -0.2) is 14.5 Å². The van der Waals surface area contributed by atoms with E-state index in [9.17, 15) is 4.79 Å². The molecular formula is C17H18N4O. The fraction of sp³-hybridized carbons (Fsp3) is 0.176. The molecule has 5 nitrogen and oxygen atoms in total. The third-order valence-corrected chi connectivity index (χ3v) is 3.65. The van der Waals surface area contributed by atoms with Gasteiger partial charge in [-0.25, -0.2) is 4.98 Å². The zero-order valence-electron chi connectivity index (χ0n) is 12.6. The van der Waals surface area contributed by atoms with Crippen LogP contribution < -0.4 is 10.9 Å². The molecule has 0 radical (unpaired) electrons. The highest BCUT2D eigenvalue weighted by Crippen LogP contribution is 2.20. The molecule has 0 saturated carbocycles. The molecule has 0 bridgehead atoms. The SMILES string of the molecule is CCc1cc(Nc2ccc(-n3ccnc3)cc2)c(C)[nH]c1=O. The normalized spacial score (nSPS) is 10.6. The Kier molecular flexibility index (Phi) is 3.78. The van der Waals surface area contributed by atoms with Gasteiger partial charge in [-0.3, -0.25) is 4.79 Å². The fourth-order valence-corrected chi connectivity index (χ4v) is 2.34. The van der Waals surface area contributed by atoms with E-state index in [-0.39, 0.29) is 5.56 Å². The average Bonchev–Trinajstić information content (AvgIpc) is 3.05. The van der Waals surface area contributed by atoms with Crippen LogP contribution in [0, 0.1) is 6.92 Å². The summed E-state index contributed by atoms with van der Waals surface area (Å²) in [5.74, 6) is 0. The van der Waals surface area contributed by atoms with E-state index in [4.69, 9.17) is 0 Å². The number of hydrogen-bond acceptors (Lipinski definition) is 3. The summed E-state index contributed by atoms with van der Waals surface area (Å²) in [5, 5.41) is 3.35. The molecule has 0 aliphatic carbocycles. The Morgan fingerprint density at radius 1 is 1.27 bits per heavy atom. The van der Waals surface area contributed by atoms with Crippen LogP contribution >= 0.6 is 0 Å². The standard InChI is InChI=1S/C17H18N4O/c1-3-13-10-16(12(2)19-17(13)22)20-14-4-6-15(7-5-14)21-9-8-18-11-21/h4-11,20H,3H2,1-2H3,(H,19,22). The average molecular weight is 294 g/mol. The Morgan fingerprint density at radius 3 is 2.68 bits per heavy atom. The van der Waals surface area contributed by atoms with Crippen molar-refractivity contribution in [1.29, 1.82) is 0 Å². The Balaban J connectivity index is 1.86. The molecule has 3 aromatic rings. The van der Waals surface area contributed by atoms with Gasteiger partial charge in [-0.2, -0.15) is 0 Å². The Bertz CT molecular complexity index is 817. The van der Waals surface area contributed by atoms with Crippen LogP contribution in [0.3, 0.4) is 0 Å². The van der Waals surface area contributed by atoms with E-state index in [0.29, 0.717) is 6.42 Å². The Labute approximate surface area is 128 Å². The quantitative estimate of drug-likeness (QED) is 0.777. The van der Waals surface area contributed by atoms with Crippen LogP contribution in [0.25, 0.3) is 5.69 Å². The van der Waals surface area contributed by atoms with Crippen molar-refractivity contribution < 1.29 is 0 Å². The number of nitrogens with zero attached hydrogens (tertiary/aromatic N) is 2. The predicted octanol–water partition coefficient (Wildman–Crippen LogP) is 3.18. The van der Waals surface area contributed by atoms with E-state index in [1.807, 2.05) is 54.9 Å². The first-order valence-electron chi connectivity index (χ1n) is 7.25. The van der Waals surface area contributed by atoms with Gasteiger partial charge in [0, 0.05) is 35.0 Å². The topological polar surface area (TPSA) is 62.7 Å². The van der Waals surface area contributed by atoms with Crippen molar-refractivity contribution >= 4 is 11.4 Å². The van der Waals surface area contributed by atoms with Gasteiger partial charge in [0.05, 0.1) is 12.0 Å². The van der Waals surface area contributed by atoms with Gasteiger partial charge in [0.2, 0.25) is 0 Å². The van der Waals surface area contributed by atoms with Crippen LogP contribution in [0.15, 0.2) is 53.8 Å². The Hall–Kier alpha value is -2.82. The van der Waals surface area contributed by atoms with Gasteiger partial charge in [0.25, 0.3) is 5.56 Å². The van der Waals surface area contributed by atoms with E-state index < -0.39 is 0 Å². The third-order valence-electron chi connectivity index (χ3n) is 3.65. The van der Waals surface area contributed by atoms with Crippen molar-refractivity contribution in [3.8, 4) is 5.69 Å². The second kappa shape index (κ2) is 5.89. The van der Waals surface area contributed by atoms with E-state index in [1.54, 1.807) is 12.5 Å². The molecule has 2 aromatic heterocycles. The molecule has 1 aromatic carbocycles. The number of aryl methyl sites for hydroxylation is 2. The fourth-order valence-electron chi connectivity index (χ4n) is 2.34. The number of H-pyrrole nitrogens is 1. The van der Waals surface area contributed by atoms with E-state index >= 15 is 0 Å². The summed E-state index contributed by atoms with van der Waals surface area (Å²) in [6.07, 6.45) is 6.13. The van der Waals surface area contributed by atoms with Gasteiger partial charge in [0.1, 0.15) is 0 Å². The Morgan fingerprint density at radius 2 is 2.05 bits per heavy atom. The molecule has 2 N–H and O–H groups in total. The van der Waals surface area contributed by atoms with E-state index in [0.717, 1.165) is 28.3 Å². The van der Waals surface area contributed by atoms with Crippen molar-refractivity contribution in [1.82, 2.24) is 14.5 Å². The summed E-state index contributed by atoms with van der Waals surface area (Å²) in [6, 6.07) is 9.96. The molecule has 3 rings (SSSR count). The lowest BCUT2D eigenvalue weighted by Gasteiger charge is -2.11. The summed E-state index contributed by atoms with van der Waals surface area (Å²) in [5.41, 5.74) is 4.55. The summed E-state index contributed by atoms with van der Waals surface area (Å²) < 4.78 is 1.95. The molecule has 112 valence electrons. The largest absolute Gasteiger partial charge is 0.354 e. The number of hydrogen-bond donors (Lipinski definition) is 2. The minimum absolute atomic E-state index is 0.0130. The smallest absolute Gasteiger partial charge is 0.251 e. The van der Waals surface area contributed by atoms with Gasteiger partial charge in [-0.1, -0.05) is 6.92 Å². The monoisotopic (exact) mass is 294 g/mol. The molecule has 0 unspecified atom stereocenters. The molecule has 5 heteroatoms. The van der Waals surface area contributed by atoms with Gasteiger partial charge >= 0.3 is 0 Å². The molecule has 22 heavy (non-hydrogen) atoms. The van der Waals surface area contributed by atoms with Crippen LogP contribution in [-0.2, 0) is 6.42 Å². The first kappa shape index (κ1) is 14.1. The predicted molar refractivity (Wildman–Crippen MR) is 88.0 cm³/mol. The zero-order valence-corrected chi connectivity index (χ0v) is 12.6. The van der Waals surface area contributed by atoms with Gasteiger partial charge in [0.15, 0.2) is 0 Å². The highest BCUT2D eigenvalue weighted by Gasteiger charge is 2.05. The van der Waals surface area contributed by atoms with Crippen molar-refractivity contribution in [3.63, 3.8) is 0 Å². The number of pyridine rings is 1. The second-order valence-corrected chi connectivity index (χ2v) is 5.16. The van der Waals surface area contributed by atoms with Crippen LogP contribution in [0.1, 0.15) is 18.2 Å².